The highest BCUT2D eigenvalue weighted by Crippen LogP contribution is 2.44. The number of benzene rings is 3. The van der Waals surface area contributed by atoms with Crippen molar-refractivity contribution in [2.75, 3.05) is 25.6 Å². The Kier molecular flexibility index (Phi) is 6.96. The zero-order valence-corrected chi connectivity index (χ0v) is 21.6. The van der Waals surface area contributed by atoms with E-state index in [2.05, 4.69) is 10.3 Å². The Bertz CT molecular complexity index is 1440. The number of nitrogens with one attached hydrogen (secondary N) is 1. The molecule has 1 aromatic heterocycles. The Labute approximate surface area is 223 Å². The van der Waals surface area contributed by atoms with Gasteiger partial charge in [0.05, 0.1) is 17.8 Å². The molecule has 0 aliphatic carbocycles. The van der Waals surface area contributed by atoms with Crippen molar-refractivity contribution in [1.82, 2.24) is 10.3 Å². The summed E-state index contributed by atoms with van der Waals surface area (Å²) in [6, 6.07) is 15.3. The van der Waals surface area contributed by atoms with Crippen LogP contribution in [0.3, 0.4) is 0 Å². The van der Waals surface area contributed by atoms with Crippen LogP contribution in [-0.2, 0) is 0 Å². The molecule has 0 saturated carbocycles. The predicted octanol–water partition coefficient (Wildman–Crippen LogP) is 7.99. The van der Waals surface area contributed by atoms with E-state index in [-0.39, 0.29) is 5.56 Å². The molecule has 4 aromatic rings. The standard InChI is InChI=1S/C28H24Cl2F3N3O/c1-36(2)26-21-8-5-7-19(16-12-17(29)14-18(30)13-16)25(21)34-15-22(26)27(28(31,32)33)35-23-10-11-37-24-9-4-3-6-20(23)24/h3-9,12-15,23,27,35H,10-11H2,1-2H3/t23-,27?/m1/s1. The van der Waals surface area contributed by atoms with Crippen LogP contribution >= 0.6 is 23.2 Å². The predicted molar refractivity (Wildman–Crippen MR) is 143 cm³/mol. The number of anilines is 1. The van der Waals surface area contributed by atoms with Gasteiger partial charge in [0, 0.05) is 64.9 Å². The molecule has 192 valence electrons. The fourth-order valence-electron chi connectivity index (χ4n) is 4.95. The number of alkyl halides is 3. The van der Waals surface area contributed by atoms with Crippen LogP contribution in [0.1, 0.15) is 29.6 Å². The van der Waals surface area contributed by atoms with E-state index in [0.717, 1.165) is 11.1 Å². The summed E-state index contributed by atoms with van der Waals surface area (Å²) < 4.78 is 49.6. The second-order valence-corrected chi connectivity index (χ2v) is 10.1. The monoisotopic (exact) mass is 545 g/mol. The average Bonchev–Trinajstić information content (AvgIpc) is 2.85. The molecule has 0 saturated heterocycles. The van der Waals surface area contributed by atoms with Gasteiger partial charge >= 0.3 is 6.18 Å². The van der Waals surface area contributed by atoms with Crippen LogP contribution in [0.25, 0.3) is 22.0 Å². The number of aromatic nitrogens is 1. The summed E-state index contributed by atoms with van der Waals surface area (Å²) in [6.07, 6.45) is -2.82. The van der Waals surface area contributed by atoms with Gasteiger partial charge in [-0.25, -0.2) is 0 Å². The van der Waals surface area contributed by atoms with Crippen LogP contribution in [0.5, 0.6) is 5.75 Å². The van der Waals surface area contributed by atoms with Crippen LogP contribution in [0.4, 0.5) is 18.9 Å². The Morgan fingerprint density at radius 3 is 2.46 bits per heavy atom. The van der Waals surface area contributed by atoms with Crippen molar-refractivity contribution < 1.29 is 17.9 Å². The first kappa shape index (κ1) is 25.6. The SMILES string of the molecule is CN(C)c1c(C(N[C@@H]2CCOc3ccccc32)C(F)(F)F)cnc2c(-c3cc(Cl)cc(Cl)c3)cccc12. The topological polar surface area (TPSA) is 37.4 Å². The molecule has 1 N–H and O–H groups in total. The lowest BCUT2D eigenvalue weighted by Gasteiger charge is -2.33. The molecule has 1 aliphatic heterocycles. The summed E-state index contributed by atoms with van der Waals surface area (Å²) in [5.41, 5.74) is 3.23. The molecule has 5 rings (SSSR count). The number of rotatable bonds is 5. The minimum Gasteiger partial charge on any atom is -0.493 e. The fraction of sp³-hybridized carbons (Fsp3) is 0.250. The molecule has 0 spiro atoms. The van der Waals surface area contributed by atoms with Crippen LogP contribution in [0.15, 0.2) is 66.9 Å². The maximum atomic E-state index is 14.6. The first-order valence-electron chi connectivity index (χ1n) is 11.7. The Balaban J connectivity index is 1.65. The number of ether oxygens (including phenoxy) is 1. The lowest BCUT2D eigenvalue weighted by Crippen LogP contribution is -2.39. The van der Waals surface area contributed by atoms with Crippen LogP contribution in [-0.4, -0.2) is 31.9 Å². The van der Waals surface area contributed by atoms with Gasteiger partial charge < -0.3 is 9.64 Å². The van der Waals surface area contributed by atoms with E-state index < -0.39 is 18.3 Å². The third-order valence-corrected chi connectivity index (χ3v) is 6.92. The van der Waals surface area contributed by atoms with Gasteiger partial charge in [-0.1, -0.05) is 59.6 Å². The number of halogens is 5. The maximum absolute atomic E-state index is 14.6. The van der Waals surface area contributed by atoms with Gasteiger partial charge in [0.2, 0.25) is 0 Å². The van der Waals surface area contributed by atoms with E-state index in [9.17, 15) is 13.2 Å². The van der Waals surface area contributed by atoms with Crippen molar-refractivity contribution >= 4 is 39.8 Å². The second kappa shape index (κ2) is 10.0. The zero-order valence-electron chi connectivity index (χ0n) is 20.1. The van der Waals surface area contributed by atoms with Crippen molar-refractivity contribution in [3.05, 3.63) is 88.0 Å². The number of para-hydroxylation sites is 2. The number of hydrogen-bond acceptors (Lipinski definition) is 4. The molecule has 9 heteroatoms. The van der Waals surface area contributed by atoms with E-state index in [1.807, 2.05) is 12.1 Å². The highest BCUT2D eigenvalue weighted by molar-refractivity contribution is 6.35. The largest absolute Gasteiger partial charge is 0.493 e. The third-order valence-electron chi connectivity index (χ3n) is 6.48. The number of pyridine rings is 1. The summed E-state index contributed by atoms with van der Waals surface area (Å²) in [5.74, 6) is 0.599. The summed E-state index contributed by atoms with van der Waals surface area (Å²) in [5, 5.41) is 4.40. The van der Waals surface area contributed by atoms with Crippen molar-refractivity contribution in [3.63, 3.8) is 0 Å². The van der Waals surface area contributed by atoms with Crippen molar-refractivity contribution in [2.45, 2.75) is 24.7 Å². The molecule has 4 nitrogen and oxygen atoms in total. The fourth-order valence-corrected chi connectivity index (χ4v) is 5.48. The summed E-state index contributed by atoms with van der Waals surface area (Å²) in [6.45, 7) is 0.335. The molecule has 3 aromatic carbocycles. The molecule has 2 atom stereocenters. The number of fused-ring (bicyclic) bond motifs is 2. The van der Waals surface area contributed by atoms with E-state index in [4.69, 9.17) is 27.9 Å². The second-order valence-electron chi connectivity index (χ2n) is 9.19. The highest BCUT2D eigenvalue weighted by Gasteiger charge is 2.44. The normalized spacial score (nSPS) is 16.2. The van der Waals surface area contributed by atoms with Crippen molar-refractivity contribution in [3.8, 4) is 16.9 Å². The van der Waals surface area contributed by atoms with Gasteiger partial charge in [-0.2, -0.15) is 13.2 Å². The summed E-state index contributed by atoms with van der Waals surface area (Å²) in [4.78, 5) is 6.25. The Morgan fingerprint density at radius 2 is 1.76 bits per heavy atom. The molecule has 0 bridgehead atoms. The van der Waals surface area contributed by atoms with E-state index in [0.29, 0.717) is 51.0 Å². The lowest BCUT2D eigenvalue weighted by molar-refractivity contribution is -0.160. The maximum Gasteiger partial charge on any atom is 0.408 e. The van der Waals surface area contributed by atoms with Gasteiger partial charge in [0.25, 0.3) is 0 Å². The molecule has 0 amide bonds. The van der Waals surface area contributed by atoms with Crippen LogP contribution in [0.2, 0.25) is 10.0 Å². The molecular weight excluding hydrogens is 522 g/mol. The summed E-state index contributed by atoms with van der Waals surface area (Å²) >= 11 is 12.4. The first-order valence-corrected chi connectivity index (χ1v) is 12.5. The molecule has 0 radical (unpaired) electrons. The Morgan fingerprint density at radius 1 is 1.03 bits per heavy atom. The minimum absolute atomic E-state index is 0.0512. The molecule has 2 heterocycles. The minimum atomic E-state index is -4.56. The van der Waals surface area contributed by atoms with Gasteiger partial charge in [-0.3, -0.25) is 10.3 Å². The number of nitrogens with zero attached hydrogens (tertiary/aromatic N) is 2. The number of hydrogen-bond donors (Lipinski definition) is 1. The van der Waals surface area contributed by atoms with E-state index >= 15 is 0 Å². The van der Waals surface area contributed by atoms with E-state index in [1.165, 1.54) is 6.20 Å². The van der Waals surface area contributed by atoms with Crippen molar-refractivity contribution in [1.29, 1.82) is 0 Å². The third kappa shape index (κ3) is 5.08. The average molecular weight is 546 g/mol. The summed E-state index contributed by atoms with van der Waals surface area (Å²) in [7, 11) is 3.47. The quantitative estimate of drug-likeness (QED) is 0.275. The first-order chi connectivity index (χ1) is 17.6. The van der Waals surface area contributed by atoms with E-state index in [1.54, 1.807) is 67.5 Å². The van der Waals surface area contributed by atoms with Gasteiger partial charge in [0.15, 0.2) is 0 Å². The Hall–Kier alpha value is -3.00. The molecule has 1 unspecified atom stereocenters. The lowest BCUT2D eigenvalue weighted by atomic mass is 9.95. The molecule has 0 fully saturated rings. The van der Waals surface area contributed by atoms with Crippen molar-refractivity contribution in [2.24, 2.45) is 0 Å². The zero-order chi connectivity index (χ0) is 26.3. The molecule has 37 heavy (non-hydrogen) atoms. The molecular formula is C28H24Cl2F3N3O. The molecule has 1 aliphatic rings. The van der Waals surface area contributed by atoms with Gasteiger partial charge in [0.1, 0.15) is 11.8 Å². The smallest absolute Gasteiger partial charge is 0.408 e. The van der Waals surface area contributed by atoms with Gasteiger partial charge in [-0.05, 0) is 29.8 Å². The van der Waals surface area contributed by atoms with Crippen LogP contribution in [0, 0.1) is 0 Å². The highest BCUT2D eigenvalue weighted by atomic mass is 35.5. The van der Waals surface area contributed by atoms with Crippen LogP contribution < -0.4 is 15.0 Å². The van der Waals surface area contributed by atoms with Gasteiger partial charge in [-0.15, -0.1) is 0 Å².